The summed E-state index contributed by atoms with van der Waals surface area (Å²) in [6.45, 7) is 8.38. The first-order valence-electron chi connectivity index (χ1n) is 10.8. The molecule has 9 heteroatoms. The lowest BCUT2D eigenvalue weighted by Crippen LogP contribution is -2.41. The SMILES string of the molecule is C=CCN(c1ccc(Cl)cc1)S(=O)(=O)c1cccc(C(=O)N(CCC)CC(=O)NCCC)c1. The second kappa shape index (κ2) is 12.4. The van der Waals surface area contributed by atoms with E-state index >= 15 is 0 Å². The molecule has 0 aromatic heterocycles. The summed E-state index contributed by atoms with van der Waals surface area (Å²) in [4.78, 5) is 26.7. The number of sulfonamides is 1. The lowest BCUT2D eigenvalue weighted by Gasteiger charge is -2.24. The predicted molar refractivity (Wildman–Crippen MR) is 132 cm³/mol. The lowest BCUT2D eigenvalue weighted by atomic mass is 10.2. The summed E-state index contributed by atoms with van der Waals surface area (Å²) in [5.74, 6) is -0.648. The molecular weight excluding hydrogens is 462 g/mol. The predicted octanol–water partition coefficient (Wildman–Crippen LogP) is 4.10. The molecule has 1 N–H and O–H groups in total. The fourth-order valence-corrected chi connectivity index (χ4v) is 4.79. The van der Waals surface area contributed by atoms with Crippen LogP contribution < -0.4 is 9.62 Å². The quantitative estimate of drug-likeness (QED) is 0.453. The van der Waals surface area contributed by atoms with Gasteiger partial charge in [-0.15, -0.1) is 6.58 Å². The fraction of sp³-hybridized carbons (Fsp3) is 0.333. The molecule has 0 aliphatic heterocycles. The summed E-state index contributed by atoms with van der Waals surface area (Å²) in [7, 11) is -3.99. The molecule has 2 aromatic rings. The van der Waals surface area contributed by atoms with Crippen molar-refractivity contribution in [1.29, 1.82) is 0 Å². The molecule has 33 heavy (non-hydrogen) atoms. The highest BCUT2D eigenvalue weighted by molar-refractivity contribution is 7.92. The van der Waals surface area contributed by atoms with E-state index in [0.717, 1.165) is 6.42 Å². The summed E-state index contributed by atoms with van der Waals surface area (Å²) >= 11 is 5.94. The van der Waals surface area contributed by atoms with E-state index in [9.17, 15) is 18.0 Å². The van der Waals surface area contributed by atoms with Gasteiger partial charge in [-0.3, -0.25) is 13.9 Å². The first-order valence-corrected chi connectivity index (χ1v) is 12.6. The van der Waals surface area contributed by atoms with Crippen molar-refractivity contribution in [3.8, 4) is 0 Å². The van der Waals surface area contributed by atoms with E-state index in [4.69, 9.17) is 11.6 Å². The molecule has 2 aromatic carbocycles. The van der Waals surface area contributed by atoms with Crippen molar-refractivity contribution in [2.75, 3.05) is 30.5 Å². The Balaban J connectivity index is 2.36. The topological polar surface area (TPSA) is 86.8 Å². The minimum Gasteiger partial charge on any atom is -0.355 e. The largest absolute Gasteiger partial charge is 0.355 e. The number of carbonyl (C=O) groups is 2. The van der Waals surface area contributed by atoms with Crippen molar-refractivity contribution in [3.05, 3.63) is 71.8 Å². The number of nitrogens with one attached hydrogen (secondary N) is 1. The summed E-state index contributed by atoms with van der Waals surface area (Å²) in [5, 5.41) is 3.25. The standard InChI is InChI=1S/C24H30ClN3O4S/c1-4-14-26-23(29)18-27(15-5-2)24(30)19-8-7-9-22(17-19)33(31,32)28(16-6-3)21-12-10-20(25)11-13-21/h6-13,17H,3-5,14-16,18H2,1-2H3,(H,26,29). The van der Waals surface area contributed by atoms with Gasteiger partial charge in [0.2, 0.25) is 5.91 Å². The monoisotopic (exact) mass is 491 g/mol. The van der Waals surface area contributed by atoms with E-state index in [2.05, 4.69) is 11.9 Å². The number of benzene rings is 2. The van der Waals surface area contributed by atoms with E-state index < -0.39 is 15.9 Å². The average Bonchev–Trinajstić information content (AvgIpc) is 2.81. The molecule has 0 heterocycles. The zero-order valence-electron chi connectivity index (χ0n) is 19.0. The molecule has 0 fully saturated rings. The number of carbonyl (C=O) groups excluding carboxylic acids is 2. The van der Waals surface area contributed by atoms with Crippen LogP contribution in [0.2, 0.25) is 5.02 Å². The average molecular weight is 492 g/mol. The Kier molecular flexibility index (Phi) is 9.94. The smallest absolute Gasteiger partial charge is 0.264 e. The second-order valence-electron chi connectivity index (χ2n) is 7.41. The molecular formula is C24H30ClN3O4S. The van der Waals surface area contributed by atoms with E-state index in [1.807, 2.05) is 13.8 Å². The minimum absolute atomic E-state index is 0.0305. The number of hydrogen-bond acceptors (Lipinski definition) is 4. The van der Waals surface area contributed by atoms with E-state index in [-0.39, 0.29) is 29.5 Å². The van der Waals surface area contributed by atoms with Crippen LogP contribution in [0.5, 0.6) is 0 Å². The molecule has 0 spiro atoms. The van der Waals surface area contributed by atoms with Crippen molar-refractivity contribution >= 4 is 39.1 Å². The number of nitrogens with zero attached hydrogens (tertiary/aromatic N) is 2. The third-order valence-corrected chi connectivity index (χ3v) is 6.81. The van der Waals surface area contributed by atoms with Crippen LogP contribution in [0.4, 0.5) is 5.69 Å². The van der Waals surface area contributed by atoms with Crippen LogP contribution in [0, 0.1) is 0 Å². The molecule has 7 nitrogen and oxygen atoms in total. The van der Waals surface area contributed by atoms with Crippen LogP contribution in [-0.2, 0) is 14.8 Å². The van der Waals surface area contributed by atoms with Crippen LogP contribution in [-0.4, -0.2) is 51.3 Å². The maximum absolute atomic E-state index is 13.4. The van der Waals surface area contributed by atoms with Crippen molar-refractivity contribution < 1.29 is 18.0 Å². The highest BCUT2D eigenvalue weighted by atomic mass is 35.5. The van der Waals surface area contributed by atoms with Gasteiger partial charge in [0.05, 0.1) is 23.7 Å². The summed E-state index contributed by atoms with van der Waals surface area (Å²) in [5.41, 5.74) is 0.624. The van der Waals surface area contributed by atoms with Gasteiger partial charge in [0.15, 0.2) is 0 Å². The molecule has 0 saturated carbocycles. The van der Waals surface area contributed by atoms with Gasteiger partial charge in [-0.1, -0.05) is 37.6 Å². The molecule has 178 valence electrons. The highest BCUT2D eigenvalue weighted by Crippen LogP contribution is 2.26. The third kappa shape index (κ3) is 7.07. The lowest BCUT2D eigenvalue weighted by molar-refractivity contribution is -0.121. The van der Waals surface area contributed by atoms with Gasteiger partial charge in [0.1, 0.15) is 0 Å². The third-order valence-electron chi connectivity index (χ3n) is 4.77. The molecule has 2 rings (SSSR count). The maximum Gasteiger partial charge on any atom is 0.264 e. The molecule has 0 radical (unpaired) electrons. The molecule has 0 aliphatic carbocycles. The van der Waals surface area contributed by atoms with Crippen LogP contribution in [0.3, 0.4) is 0 Å². The maximum atomic E-state index is 13.4. The Morgan fingerprint density at radius 2 is 1.79 bits per heavy atom. The van der Waals surface area contributed by atoms with Crippen molar-refractivity contribution in [2.45, 2.75) is 31.6 Å². The second-order valence-corrected chi connectivity index (χ2v) is 9.70. The number of anilines is 1. The fourth-order valence-electron chi connectivity index (χ4n) is 3.18. The normalized spacial score (nSPS) is 11.0. The Morgan fingerprint density at radius 1 is 1.09 bits per heavy atom. The minimum atomic E-state index is -3.99. The molecule has 0 unspecified atom stereocenters. The van der Waals surface area contributed by atoms with Gasteiger partial charge in [0, 0.05) is 23.7 Å². The van der Waals surface area contributed by atoms with Crippen LogP contribution in [0.25, 0.3) is 0 Å². The van der Waals surface area contributed by atoms with Crippen molar-refractivity contribution in [3.63, 3.8) is 0 Å². The van der Waals surface area contributed by atoms with Crippen LogP contribution in [0.15, 0.2) is 66.1 Å². The van der Waals surface area contributed by atoms with E-state index in [1.54, 1.807) is 30.3 Å². The van der Waals surface area contributed by atoms with Gasteiger partial charge >= 0.3 is 0 Å². The summed E-state index contributed by atoms with van der Waals surface area (Å²) in [6.07, 6.45) is 2.94. The molecule has 0 atom stereocenters. The number of halogens is 1. The van der Waals surface area contributed by atoms with E-state index in [1.165, 1.54) is 33.5 Å². The first kappa shape index (κ1) is 26.4. The molecule has 2 amide bonds. The molecule has 0 bridgehead atoms. The Morgan fingerprint density at radius 3 is 2.39 bits per heavy atom. The van der Waals surface area contributed by atoms with Crippen LogP contribution in [0.1, 0.15) is 37.0 Å². The Bertz CT molecular complexity index is 1070. The Labute approximate surface area is 201 Å². The molecule has 0 aliphatic rings. The Hall–Kier alpha value is -2.84. The molecule has 0 saturated heterocycles. The van der Waals surface area contributed by atoms with Gasteiger partial charge in [0.25, 0.3) is 15.9 Å². The summed E-state index contributed by atoms with van der Waals surface area (Å²) in [6, 6.07) is 12.3. The number of amides is 2. The van der Waals surface area contributed by atoms with Gasteiger partial charge in [-0.25, -0.2) is 8.42 Å². The number of hydrogen-bond donors (Lipinski definition) is 1. The van der Waals surface area contributed by atoms with E-state index in [0.29, 0.717) is 30.2 Å². The van der Waals surface area contributed by atoms with Crippen LogP contribution >= 0.6 is 11.6 Å². The highest BCUT2D eigenvalue weighted by Gasteiger charge is 2.26. The summed E-state index contributed by atoms with van der Waals surface area (Å²) < 4.78 is 28.1. The number of rotatable bonds is 12. The first-order chi connectivity index (χ1) is 15.7. The van der Waals surface area contributed by atoms with Gasteiger partial charge in [-0.2, -0.15) is 0 Å². The zero-order valence-corrected chi connectivity index (χ0v) is 20.5. The zero-order chi connectivity index (χ0) is 24.4. The van der Waals surface area contributed by atoms with Gasteiger partial charge in [-0.05, 0) is 55.3 Å². The van der Waals surface area contributed by atoms with Gasteiger partial charge < -0.3 is 10.2 Å². The van der Waals surface area contributed by atoms with Crippen molar-refractivity contribution in [2.24, 2.45) is 0 Å². The van der Waals surface area contributed by atoms with Crippen molar-refractivity contribution in [1.82, 2.24) is 10.2 Å².